The molecule has 35 heavy (non-hydrogen) atoms. The molecule has 0 bridgehead atoms. The van der Waals surface area contributed by atoms with Gasteiger partial charge >= 0.3 is 5.97 Å². The SMILES string of the molecule is CC1(C(=O)O)CCC(NC(=O)c2cccn3c(=O)c4cc(-c5ccc(F)cc5)ccc4nc23)CC1. The topological polar surface area (TPSA) is 101 Å². The predicted molar refractivity (Wildman–Crippen MR) is 130 cm³/mol. The molecule has 0 spiro atoms. The number of pyridine rings is 1. The van der Waals surface area contributed by atoms with Gasteiger partial charge in [0.1, 0.15) is 5.82 Å². The van der Waals surface area contributed by atoms with Gasteiger partial charge in [-0.2, -0.15) is 0 Å². The number of carboxylic acid groups (broad SMARTS) is 1. The van der Waals surface area contributed by atoms with Crippen LogP contribution < -0.4 is 10.9 Å². The number of hydrogen-bond acceptors (Lipinski definition) is 4. The summed E-state index contributed by atoms with van der Waals surface area (Å²) in [6.45, 7) is 1.74. The highest BCUT2D eigenvalue weighted by molar-refractivity contribution is 6.01. The Labute approximate surface area is 200 Å². The van der Waals surface area contributed by atoms with Gasteiger partial charge in [-0.3, -0.25) is 18.8 Å². The summed E-state index contributed by atoms with van der Waals surface area (Å²) in [5, 5.41) is 12.8. The Morgan fingerprint density at radius 2 is 1.77 bits per heavy atom. The lowest BCUT2D eigenvalue weighted by atomic mass is 9.74. The zero-order valence-electron chi connectivity index (χ0n) is 19.1. The average Bonchev–Trinajstić information content (AvgIpc) is 2.85. The maximum atomic E-state index is 13.3. The number of nitrogens with one attached hydrogen (secondary N) is 1. The number of benzene rings is 2. The third-order valence-corrected chi connectivity index (χ3v) is 7.00. The number of aromatic nitrogens is 2. The molecular formula is C27H24FN3O4. The number of carbonyl (C=O) groups is 2. The van der Waals surface area contributed by atoms with E-state index in [1.807, 2.05) is 6.07 Å². The van der Waals surface area contributed by atoms with Crippen LogP contribution in [0.4, 0.5) is 4.39 Å². The summed E-state index contributed by atoms with van der Waals surface area (Å²) < 4.78 is 14.6. The van der Waals surface area contributed by atoms with Crippen LogP contribution in [0.2, 0.25) is 0 Å². The Kier molecular flexibility index (Phi) is 5.59. The van der Waals surface area contributed by atoms with E-state index in [1.165, 1.54) is 16.5 Å². The molecule has 1 aliphatic rings. The lowest BCUT2D eigenvalue weighted by Gasteiger charge is -2.34. The largest absolute Gasteiger partial charge is 0.481 e. The van der Waals surface area contributed by atoms with Crippen LogP contribution in [-0.4, -0.2) is 32.4 Å². The Hall–Kier alpha value is -4.07. The normalized spacial score (nSPS) is 20.1. The fourth-order valence-corrected chi connectivity index (χ4v) is 4.70. The van der Waals surface area contributed by atoms with Crippen molar-refractivity contribution < 1.29 is 19.1 Å². The molecule has 2 N–H and O–H groups in total. The zero-order valence-corrected chi connectivity index (χ0v) is 19.1. The summed E-state index contributed by atoms with van der Waals surface area (Å²) in [7, 11) is 0. The highest BCUT2D eigenvalue weighted by atomic mass is 19.1. The molecule has 2 aromatic carbocycles. The molecular weight excluding hydrogens is 449 g/mol. The minimum atomic E-state index is -0.811. The Bertz CT molecular complexity index is 1520. The van der Waals surface area contributed by atoms with Gasteiger partial charge in [0.25, 0.3) is 11.5 Å². The molecule has 7 nitrogen and oxygen atoms in total. The fourth-order valence-electron chi connectivity index (χ4n) is 4.70. The van der Waals surface area contributed by atoms with Crippen LogP contribution in [0.3, 0.4) is 0 Å². The lowest BCUT2D eigenvalue weighted by molar-refractivity contribution is -0.149. The highest BCUT2D eigenvalue weighted by Crippen LogP contribution is 2.36. The van der Waals surface area contributed by atoms with E-state index in [0.717, 1.165) is 11.1 Å². The highest BCUT2D eigenvalue weighted by Gasteiger charge is 2.38. The Morgan fingerprint density at radius 3 is 2.46 bits per heavy atom. The van der Waals surface area contributed by atoms with Gasteiger partial charge in [-0.15, -0.1) is 0 Å². The van der Waals surface area contributed by atoms with E-state index in [4.69, 9.17) is 0 Å². The zero-order chi connectivity index (χ0) is 24.7. The van der Waals surface area contributed by atoms with Crippen LogP contribution in [0.25, 0.3) is 27.7 Å². The van der Waals surface area contributed by atoms with Gasteiger partial charge in [0, 0.05) is 12.2 Å². The van der Waals surface area contributed by atoms with E-state index < -0.39 is 11.4 Å². The summed E-state index contributed by atoms with van der Waals surface area (Å²) in [5.74, 6) is -1.49. The second kappa shape index (κ2) is 8.61. The molecule has 178 valence electrons. The summed E-state index contributed by atoms with van der Waals surface area (Å²) in [4.78, 5) is 42.5. The quantitative estimate of drug-likeness (QED) is 0.428. The first-order valence-electron chi connectivity index (χ1n) is 11.5. The van der Waals surface area contributed by atoms with Crippen LogP contribution in [0, 0.1) is 11.2 Å². The van der Waals surface area contributed by atoms with Crippen LogP contribution in [0.1, 0.15) is 43.0 Å². The molecule has 1 aliphatic carbocycles. The Balaban J connectivity index is 1.47. The fraction of sp³-hybridized carbons (Fsp3) is 0.259. The first kappa shape index (κ1) is 22.7. The first-order valence-corrected chi connectivity index (χ1v) is 11.5. The molecule has 1 saturated carbocycles. The van der Waals surface area contributed by atoms with E-state index in [9.17, 15) is 23.9 Å². The molecule has 1 fully saturated rings. The molecule has 0 atom stereocenters. The van der Waals surface area contributed by atoms with Crippen molar-refractivity contribution in [3.8, 4) is 11.1 Å². The summed E-state index contributed by atoms with van der Waals surface area (Å²) in [5.41, 5.74) is 1.45. The van der Waals surface area contributed by atoms with E-state index in [-0.39, 0.29) is 34.5 Å². The maximum absolute atomic E-state index is 13.3. The number of halogens is 1. The van der Waals surface area contributed by atoms with Gasteiger partial charge in [-0.1, -0.05) is 18.2 Å². The average molecular weight is 474 g/mol. The second-order valence-corrected chi connectivity index (χ2v) is 9.38. The molecule has 5 rings (SSSR count). The van der Waals surface area contributed by atoms with Gasteiger partial charge in [-0.05, 0) is 80.1 Å². The standard InChI is InChI=1S/C27H24FN3O4/c1-27(26(34)35)12-10-19(11-13-27)29-24(32)20-3-2-14-31-23(20)30-22-9-6-17(15-21(22)25(31)33)16-4-7-18(28)8-5-16/h2-9,14-15,19H,10-13H2,1H3,(H,29,32)(H,34,35). The van der Waals surface area contributed by atoms with Crippen LogP contribution >= 0.6 is 0 Å². The van der Waals surface area contributed by atoms with Gasteiger partial charge < -0.3 is 10.4 Å². The van der Waals surface area contributed by atoms with Gasteiger partial charge in [0.15, 0.2) is 5.65 Å². The summed E-state index contributed by atoms with van der Waals surface area (Å²) in [6, 6.07) is 14.4. The minimum absolute atomic E-state index is 0.138. The number of nitrogens with zero attached hydrogens (tertiary/aromatic N) is 2. The van der Waals surface area contributed by atoms with E-state index in [0.29, 0.717) is 36.6 Å². The molecule has 0 radical (unpaired) electrons. The van der Waals surface area contributed by atoms with Crippen molar-refractivity contribution in [2.24, 2.45) is 5.41 Å². The monoisotopic (exact) mass is 473 g/mol. The number of fused-ring (bicyclic) bond motifs is 2. The van der Waals surface area contributed by atoms with Crippen molar-refractivity contribution in [1.29, 1.82) is 0 Å². The van der Waals surface area contributed by atoms with Crippen molar-refractivity contribution in [3.63, 3.8) is 0 Å². The van der Waals surface area contributed by atoms with Crippen LogP contribution in [0.5, 0.6) is 0 Å². The molecule has 1 amide bonds. The molecule has 0 aliphatic heterocycles. The van der Waals surface area contributed by atoms with Crippen molar-refractivity contribution in [3.05, 3.63) is 82.5 Å². The Morgan fingerprint density at radius 1 is 1.09 bits per heavy atom. The van der Waals surface area contributed by atoms with Crippen molar-refractivity contribution in [1.82, 2.24) is 14.7 Å². The minimum Gasteiger partial charge on any atom is -0.481 e. The van der Waals surface area contributed by atoms with Crippen molar-refractivity contribution in [2.75, 3.05) is 0 Å². The van der Waals surface area contributed by atoms with E-state index >= 15 is 0 Å². The third kappa shape index (κ3) is 4.16. The number of carboxylic acids is 1. The molecule has 8 heteroatoms. The number of aliphatic carboxylic acids is 1. The molecule has 0 unspecified atom stereocenters. The first-order chi connectivity index (χ1) is 16.7. The molecule has 2 heterocycles. The third-order valence-electron chi connectivity index (χ3n) is 7.00. The van der Waals surface area contributed by atoms with E-state index in [1.54, 1.807) is 49.5 Å². The number of hydrogen-bond donors (Lipinski definition) is 2. The van der Waals surface area contributed by atoms with Crippen molar-refractivity contribution in [2.45, 2.75) is 38.6 Å². The van der Waals surface area contributed by atoms with Gasteiger partial charge in [0.05, 0.1) is 21.9 Å². The number of amides is 1. The van der Waals surface area contributed by atoms with Crippen LogP contribution in [0.15, 0.2) is 65.6 Å². The summed E-state index contributed by atoms with van der Waals surface area (Å²) >= 11 is 0. The van der Waals surface area contributed by atoms with Gasteiger partial charge in [-0.25, -0.2) is 9.37 Å². The maximum Gasteiger partial charge on any atom is 0.309 e. The molecule has 2 aromatic heterocycles. The number of carbonyl (C=O) groups excluding carboxylic acids is 1. The van der Waals surface area contributed by atoms with Crippen molar-refractivity contribution >= 4 is 28.4 Å². The summed E-state index contributed by atoms with van der Waals surface area (Å²) in [6.07, 6.45) is 3.69. The second-order valence-electron chi connectivity index (χ2n) is 9.38. The van der Waals surface area contributed by atoms with Crippen LogP contribution in [-0.2, 0) is 4.79 Å². The lowest BCUT2D eigenvalue weighted by Crippen LogP contribution is -2.42. The van der Waals surface area contributed by atoms with E-state index in [2.05, 4.69) is 10.3 Å². The smallest absolute Gasteiger partial charge is 0.309 e. The van der Waals surface area contributed by atoms with Gasteiger partial charge in [0.2, 0.25) is 0 Å². The molecule has 0 saturated heterocycles. The molecule has 4 aromatic rings. The predicted octanol–water partition coefficient (Wildman–Crippen LogP) is 4.42. The number of rotatable bonds is 4.